The summed E-state index contributed by atoms with van der Waals surface area (Å²) in [6.45, 7) is 4.78. The largest absolute Gasteiger partial charge is 0.468 e. The highest BCUT2D eigenvalue weighted by Crippen LogP contribution is 2.21. The van der Waals surface area contributed by atoms with Gasteiger partial charge in [-0.15, -0.1) is 0 Å². The Labute approximate surface area is 171 Å². The van der Waals surface area contributed by atoms with E-state index in [0.717, 1.165) is 11.3 Å². The zero-order valence-corrected chi connectivity index (χ0v) is 17.4. The molecule has 1 unspecified atom stereocenters. The first-order chi connectivity index (χ1) is 13.9. The molecule has 0 spiro atoms. The number of nitrogens with zero attached hydrogens (tertiary/aromatic N) is 3. The Bertz CT molecular complexity index is 899. The number of aromatic nitrogens is 2. The van der Waals surface area contributed by atoms with Gasteiger partial charge in [-0.25, -0.2) is 0 Å². The lowest BCUT2D eigenvalue weighted by Crippen LogP contribution is -2.34. The molecule has 2 aromatic heterocycles. The summed E-state index contributed by atoms with van der Waals surface area (Å²) in [7, 11) is 3.90. The van der Waals surface area contributed by atoms with E-state index in [0.29, 0.717) is 30.6 Å². The van der Waals surface area contributed by atoms with Crippen LogP contribution in [0.2, 0.25) is 0 Å². The van der Waals surface area contributed by atoms with Gasteiger partial charge in [0.05, 0.1) is 12.3 Å². The van der Waals surface area contributed by atoms with E-state index in [4.69, 9.17) is 8.94 Å². The van der Waals surface area contributed by atoms with Crippen LogP contribution >= 0.6 is 0 Å². The van der Waals surface area contributed by atoms with Crippen LogP contribution in [-0.2, 0) is 11.2 Å². The highest BCUT2D eigenvalue weighted by atomic mass is 16.5. The second-order valence-electron chi connectivity index (χ2n) is 7.59. The smallest absolute Gasteiger partial charge is 0.227 e. The molecule has 0 bridgehead atoms. The lowest BCUT2D eigenvalue weighted by Gasteiger charge is -2.22. The maximum Gasteiger partial charge on any atom is 0.227 e. The van der Waals surface area contributed by atoms with Gasteiger partial charge in [0, 0.05) is 24.9 Å². The maximum absolute atomic E-state index is 12.2. The first-order valence-electron chi connectivity index (χ1n) is 9.83. The summed E-state index contributed by atoms with van der Waals surface area (Å²) in [6, 6.07) is 11.9. The highest BCUT2D eigenvalue weighted by Gasteiger charge is 2.18. The van der Waals surface area contributed by atoms with Crippen LogP contribution in [0.25, 0.3) is 11.4 Å². The SMILES string of the molecule is CC(C)c1ccc(-c2noc(CCC(=O)NCC(c3ccco3)N(C)C)n2)cc1. The number of furan rings is 1. The molecular formula is C22H28N4O3. The van der Waals surface area contributed by atoms with Crippen molar-refractivity contribution >= 4 is 5.91 Å². The van der Waals surface area contributed by atoms with Gasteiger partial charge >= 0.3 is 0 Å². The molecule has 1 N–H and O–H groups in total. The number of carbonyl (C=O) groups excluding carboxylic acids is 1. The number of amides is 1. The molecule has 1 aromatic carbocycles. The summed E-state index contributed by atoms with van der Waals surface area (Å²) < 4.78 is 10.8. The van der Waals surface area contributed by atoms with Gasteiger partial charge < -0.3 is 14.3 Å². The molecule has 0 aliphatic carbocycles. The molecule has 1 atom stereocenters. The third kappa shape index (κ3) is 5.54. The predicted molar refractivity (Wildman–Crippen MR) is 110 cm³/mol. The fourth-order valence-corrected chi connectivity index (χ4v) is 3.03. The molecule has 2 heterocycles. The van der Waals surface area contributed by atoms with Crippen LogP contribution in [0, 0.1) is 0 Å². The van der Waals surface area contributed by atoms with Gasteiger partial charge in [0.25, 0.3) is 0 Å². The van der Waals surface area contributed by atoms with Crippen molar-refractivity contribution in [3.63, 3.8) is 0 Å². The summed E-state index contributed by atoms with van der Waals surface area (Å²) in [4.78, 5) is 18.7. The van der Waals surface area contributed by atoms with Gasteiger partial charge in [0.15, 0.2) is 0 Å². The van der Waals surface area contributed by atoms with Gasteiger partial charge in [-0.3, -0.25) is 9.69 Å². The number of rotatable bonds is 9. The number of hydrogen-bond donors (Lipinski definition) is 1. The van der Waals surface area contributed by atoms with E-state index in [1.165, 1.54) is 5.56 Å². The highest BCUT2D eigenvalue weighted by molar-refractivity contribution is 5.76. The van der Waals surface area contributed by atoms with E-state index in [9.17, 15) is 4.79 Å². The van der Waals surface area contributed by atoms with Gasteiger partial charge in [0.2, 0.25) is 17.6 Å². The molecule has 0 saturated heterocycles. The molecule has 0 aliphatic heterocycles. The number of likely N-dealkylation sites (N-methyl/N-ethyl adjacent to an activating group) is 1. The molecule has 0 aliphatic rings. The monoisotopic (exact) mass is 396 g/mol. The van der Waals surface area contributed by atoms with Crippen molar-refractivity contribution < 1.29 is 13.7 Å². The standard InChI is InChI=1S/C22H28N4O3/c1-15(2)16-7-9-17(10-8-16)22-24-21(29-25-22)12-11-20(27)23-14-18(26(3)4)19-6-5-13-28-19/h5-10,13,15,18H,11-12,14H2,1-4H3,(H,23,27). The van der Waals surface area contributed by atoms with Crippen molar-refractivity contribution in [1.29, 1.82) is 0 Å². The average molecular weight is 396 g/mol. The summed E-state index contributed by atoms with van der Waals surface area (Å²) in [6.07, 6.45) is 2.32. The lowest BCUT2D eigenvalue weighted by molar-refractivity contribution is -0.121. The molecule has 7 nitrogen and oxygen atoms in total. The second kappa shape index (κ2) is 9.52. The predicted octanol–water partition coefficient (Wildman–Crippen LogP) is 3.80. The van der Waals surface area contributed by atoms with Gasteiger partial charge in [-0.2, -0.15) is 4.98 Å². The molecule has 0 fully saturated rings. The van der Waals surface area contributed by atoms with E-state index >= 15 is 0 Å². The van der Waals surface area contributed by atoms with Crippen molar-refractivity contribution in [2.75, 3.05) is 20.6 Å². The second-order valence-corrected chi connectivity index (χ2v) is 7.59. The summed E-state index contributed by atoms with van der Waals surface area (Å²) in [5.74, 6) is 2.23. The molecule has 29 heavy (non-hydrogen) atoms. The van der Waals surface area contributed by atoms with Gasteiger partial charge in [-0.05, 0) is 37.7 Å². The van der Waals surface area contributed by atoms with Crippen LogP contribution < -0.4 is 5.32 Å². The summed E-state index contributed by atoms with van der Waals surface area (Å²) in [5, 5.41) is 6.98. The Kier molecular flexibility index (Phi) is 6.82. The van der Waals surface area contributed by atoms with Crippen molar-refractivity contribution in [3.05, 3.63) is 59.9 Å². The number of carbonyl (C=O) groups is 1. The first-order valence-corrected chi connectivity index (χ1v) is 9.83. The van der Waals surface area contributed by atoms with E-state index in [1.54, 1.807) is 6.26 Å². The Hall–Kier alpha value is -2.93. The summed E-state index contributed by atoms with van der Waals surface area (Å²) in [5.41, 5.74) is 2.17. The Morgan fingerprint density at radius 3 is 2.55 bits per heavy atom. The zero-order valence-electron chi connectivity index (χ0n) is 17.4. The maximum atomic E-state index is 12.2. The number of nitrogens with one attached hydrogen (secondary N) is 1. The molecule has 0 saturated carbocycles. The van der Waals surface area contributed by atoms with Crippen LogP contribution in [0.1, 0.15) is 49.4 Å². The van der Waals surface area contributed by atoms with Crippen LogP contribution in [-0.4, -0.2) is 41.6 Å². The minimum atomic E-state index is -0.0653. The first kappa shape index (κ1) is 20.8. The third-order valence-electron chi connectivity index (χ3n) is 4.86. The molecule has 1 amide bonds. The lowest BCUT2D eigenvalue weighted by atomic mass is 10.0. The number of benzene rings is 1. The number of hydrogen-bond acceptors (Lipinski definition) is 6. The fourth-order valence-electron chi connectivity index (χ4n) is 3.03. The fraction of sp³-hybridized carbons (Fsp3) is 0.409. The van der Waals surface area contributed by atoms with Gasteiger partial charge in [-0.1, -0.05) is 43.3 Å². The Morgan fingerprint density at radius 2 is 1.93 bits per heavy atom. The van der Waals surface area contributed by atoms with Crippen LogP contribution in [0.5, 0.6) is 0 Å². The molecule has 0 radical (unpaired) electrons. The molecule has 154 valence electrons. The molecule has 3 aromatic rings. The van der Waals surface area contributed by atoms with Crippen molar-refractivity contribution in [3.8, 4) is 11.4 Å². The topological polar surface area (TPSA) is 84.4 Å². The molecular weight excluding hydrogens is 368 g/mol. The average Bonchev–Trinajstić information content (AvgIpc) is 3.39. The van der Waals surface area contributed by atoms with Crippen molar-refractivity contribution in [1.82, 2.24) is 20.4 Å². The minimum Gasteiger partial charge on any atom is -0.468 e. The number of aryl methyl sites for hydroxylation is 1. The summed E-state index contributed by atoms with van der Waals surface area (Å²) >= 11 is 0. The molecule has 3 rings (SSSR count). The van der Waals surface area contributed by atoms with Crippen LogP contribution in [0.4, 0.5) is 0 Å². The van der Waals surface area contributed by atoms with E-state index in [2.05, 4.69) is 41.4 Å². The van der Waals surface area contributed by atoms with Crippen LogP contribution in [0.3, 0.4) is 0 Å². The zero-order chi connectivity index (χ0) is 20.8. The van der Waals surface area contributed by atoms with Crippen molar-refractivity contribution in [2.45, 2.75) is 38.6 Å². The quantitative estimate of drug-likeness (QED) is 0.592. The van der Waals surface area contributed by atoms with E-state index in [1.807, 2.05) is 43.3 Å². The third-order valence-corrected chi connectivity index (χ3v) is 4.86. The van der Waals surface area contributed by atoms with Crippen molar-refractivity contribution in [2.24, 2.45) is 0 Å². The molecule has 7 heteroatoms. The normalized spacial score (nSPS) is 12.5. The van der Waals surface area contributed by atoms with Crippen LogP contribution in [0.15, 0.2) is 51.6 Å². The van der Waals surface area contributed by atoms with Gasteiger partial charge in [0.1, 0.15) is 5.76 Å². The minimum absolute atomic E-state index is 0.0160. The van der Waals surface area contributed by atoms with E-state index < -0.39 is 0 Å². The van der Waals surface area contributed by atoms with E-state index in [-0.39, 0.29) is 18.4 Å². The Morgan fingerprint density at radius 1 is 1.17 bits per heavy atom. The Balaban J connectivity index is 1.50.